The summed E-state index contributed by atoms with van der Waals surface area (Å²) in [4.78, 5) is 0. The van der Waals surface area contributed by atoms with Gasteiger partial charge in [-0.3, -0.25) is 0 Å². The van der Waals surface area contributed by atoms with Gasteiger partial charge in [-0.25, -0.2) is 8.78 Å². The number of methoxy groups -OCH3 is 1. The maximum Gasteiger partial charge on any atom is 0.129 e. The van der Waals surface area contributed by atoms with Crippen LogP contribution in [-0.4, -0.2) is 12.2 Å². The molecule has 1 unspecified atom stereocenters. The Morgan fingerprint density at radius 2 is 1.95 bits per heavy atom. The van der Waals surface area contributed by atoms with Gasteiger partial charge in [-0.15, -0.1) is 0 Å². The van der Waals surface area contributed by atoms with E-state index < -0.39 is 17.7 Å². The molecule has 0 aliphatic carbocycles. The van der Waals surface area contributed by atoms with E-state index in [2.05, 4.69) is 15.9 Å². The molecule has 0 amide bonds. The van der Waals surface area contributed by atoms with Crippen LogP contribution in [0.3, 0.4) is 0 Å². The van der Waals surface area contributed by atoms with Crippen molar-refractivity contribution >= 4 is 15.9 Å². The van der Waals surface area contributed by atoms with Crippen LogP contribution in [0, 0.1) is 11.6 Å². The van der Waals surface area contributed by atoms with Gasteiger partial charge in [0.2, 0.25) is 0 Å². The predicted octanol–water partition coefficient (Wildman–Crippen LogP) is 4.01. The topological polar surface area (TPSA) is 29.5 Å². The third-order valence-corrected chi connectivity index (χ3v) is 3.76. The Morgan fingerprint density at radius 3 is 2.65 bits per heavy atom. The second kappa shape index (κ2) is 6.33. The van der Waals surface area contributed by atoms with Crippen LogP contribution in [-0.2, 0) is 6.42 Å². The highest BCUT2D eigenvalue weighted by molar-refractivity contribution is 9.10. The molecule has 20 heavy (non-hydrogen) atoms. The minimum Gasteiger partial charge on any atom is -0.497 e. The Balaban J connectivity index is 2.27. The number of aliphatic hydroxyl groups excluding tert-OH is 1. The molecular weight excluding hydrogens is 330 g/mol. The van der Waals surface area contributed by atoms with E-state index in [1.165, 1.54) is 7.11 Å². The van der Waals surface area contributed by atoms with Crippen LogP contribution >= 0.6 is 15.9 Å². The molecule has 5 heteroatoms. The van der Waals surface area contributed by atoms with Crippen molar-refractivity contribution in [1.29, 1.82) is 0 Å². The molecule has 2 aromatic rings. The van der Waals surface area contributed by atoms with E-state index in [1.807, 2.05) is 0 Å². The third-order valence-electron chi connectivity index (χ3n) is 2.98. The zero-order chi connectivity index (χ0) is 14.7. The SMILES string of the molecule is COc1ccc(Br)c(CC(O)c2cc(F)ccc2F)c1. The number of hydrogen-bond acceptors (Lipinski definition) is 2. The maximum absolute atomic E-state index is 13.6. The summed E-state index contributed by atoms with van der Waals surface area (Å²) < 4.78 is 32.6. The van der Waals surface area contributed by atoms with Crippen molar-refractivity contribution in [3.63, 3.8) is 0 Å². The van der Waals surface area contributed by atoms with Crippen molar-refractivity contribution in [2.45, 2.75) is 12.5 Å². The molecule has 106 valence electrons. The van der Waals surface area contributed by atoms with Crippen LogP contribution in [0.25, 0.3) is 0 Å². The van der Waals surface area contributed by atoms with E-state index >= 15 is 0 Å². The van der Waals surface area contributed by atoms with E-state index in [4.69, 9.17) is 4.74 Å². The highest BCUT2D eigenvalue weighted by Gasteiger charge is 2.16. The molecule has 2 rings (SSSR count). The standard InChI is InChI=1S/C15H13BrF2O2/c1-20-11-3-4-13(16)9(6-11)7-15(19)12-8-10(17)2-5-14(12)18/h2-6,8,15,19H,7H2,1H3. The quantitative estimate of drug-likeness (QED) is 0.909. The lowest BCUT2D eigenvalue weighted by Gasteiger charge is -2.14. The number of rotatable bonds is 4. The number of ether oxygens (including phenoxy) is 1. The van der Waals surface area contributed by atoms with Gasteiger partial charge in [-0.2, -0.15) is 0 Å². The second-order valence-corrected chi connectivity index (χ2v) is 5.20. The molecule has 0 heterocycles. The molecule has 1 N–H and O–H groups in total. The molecule has 0 aliphatic rings. The lowest BCUT2D eigenvalue weighted by molar-refractivity contribution is 0.173. The first-order chi connectivity index (χ1) is 9.51. The van der Waals surface area contributed by atoms with Gasteiger partial charge in [0.05, 0.1) is 13.2 Å². The molecule has 0 bridgehead atoms. The van der Waals surface area contributed by atoms with Crippen molar-refractivity contribution < 1.29 is 18.6 Å². The molecule has 2 nitrogen and oxygen atoms in total. The Morgan fingerprint density at radius 1 is 1.20 bits per heavy atom. The molecule has 2 aromatic carbocycles. The van der Waals surface area contributed by atoms with Crippen LogP contribution in [0.5, 0.6) is 5.75 Å². The molecule has 1 atom stereocenters. The van der Waals surface area contributed by atoms with Crippen molar-refractivity contribution in [2.24, 2.45) is 0 Å². The number of aliphatic hydroxyl groups is 1. The molecule has 0 spiro atoms. The molecule has 0 aromatic heterocycles. The smallest absolute Gasteiger partial charge is 0.129 e. The summed E-state index contributed by atoms with van der Waals surface area (Å²) in [6.07, 6.45) is -0.980. The molecule has 0 saturated heterocycles. The van der Waals surface area contributed by atoms with Crippen LogP contribution in [0.2, 0.25) is 0 Å². The first kappa shape index (κ1) is 14.9. The first-order valence-electron chi connectivity index (χ1n) is 5.96. The van der Waals surface area contributed by atoms with Gasteiger partial charge in [-0.1, -0.05) is 15.9 Å². The average molecular weight is 343 g/mol. The normalized spacial score (nSPS) is 12.2. The van der Waals surface area contributed by atoms with Gasteiger partial charge in [0.25, 0.3) is 0 Å². The Hall–Kier alpha value is -1.46. The summed E-state index contributed by atoms with van der Waals surface area (Å²) in [7, 11) is 1.54. The predicted molar refractivity (Wildman–Crippen MR) is 75.7 cm³/mol. The fourth-order valence-electron chi connectivity index (χ4n) is 1.92. The van der Waals surface area contributed by atoms with Crippen molar-refractivity contribution in [1.82, 2.24) is 0 Å². The van der Waals surface area contributed by atoms with Crippen LogP contribution in [0.4, 0.5) is 8.78 Å². The lowest BCUT2D eigenvalue weighted by atomic mass is 10.0. The molecule has 0 radical (unpaired) electrons. The minimum atomic E-state index is -1.13. The van der Waals surface area contributed by atoms with Gasteiger partial charge >= 0.3 is 0 Å². The zero-order valence-electron chi connectivity index (χ0n) is 10.7. The van der Waals surface area contributed by atoms with Crippen LogP contribution in [0.1, 0.15) is 17.2 Å². The fourth-order valence-corrected chi connectivity index (χ4v) is 2.33. The van der Waals surface area contributed by atoms with Gasteiger partial charge in [0.15, 0.2) is 0 Å². The van der Waals surface area contributed by atoms with Gasteiger partial charge in [0, 0.05) is 16.5 Å². The van der Waals surface area contributed by atoms with E-state index in [1.54, 1.807) is 18.2 Å². The van der Waals surface area contributed by atoms with Gasteiger partial charge in [0.1, 0.15) is 17.4 Å². The zero-order valence-corrected chi connectivity index (χ0v) is 12.3. The Labute approximate surface area is 124 Å². The summed E-state index contributed by atoms with van der Waals surface area (Å²) in [6, 6.07) is 8.33. The van der Waals surface area contributed by atoms with Gasteiger partial charge < -0.3 is 9.84 Å². The summed E-state index contributed by atoms with van der Waals surface area (Å²) in [5, 5.41) is 10.1. The van der Waals surface area contributed by atoms with E-state index in [9.17, 15) is 13.9 Å². The number of halogens is 3. The molecule has 0 saturated carbocycles. The number of hydrogen-bond donors (Lipinski definition) is 1. The molecule has 0 fully saturated rings. The van der Waals surface area contributed by atoms with Crippen LogP contribution < -0.4 is 4.74 Å². The van der Waals surface area contributed by atoms with Crippen molar-refractivity contribution in [3.8, 4) is 5.75 Å². The Kier molecular flexibility index (Phi) is 4.73. The van der Waals surface area contributed by atoms with Gasteiger partial charge in [-0.05, 0) is 42.0 Å². The molecular formula is C15H13BrF2O2. The molecule has 0 aliphatic heterocycles. The van der Waals surface area contributed by atoms with Crippen LogP contribution in [0.15, 0.2) is 40.9 Å². The summed E-state index contributed by atoms with van der Waals surface area (Å²) in [5.41, 5.74) is 0.695. The monoisotopic (exact) mass is 342 g/mol. The Bertz CT molecular complexity index is 617. The third kappa shape index (κ3) is 3.35. The van der Waals surface area contributed by atoms with Crippen molar-refractivity contribution in [3.05, 3.63) is 63.6 Å². The summed E-state index contributed by atoms with van der Waals surface area (Å²) in [6.45, 7) is 0. The highest BCUT2D eigenvalue weighted by Crippen LogP contribution is 2.28. The number of benzene rings is 2. The minimum absolute atomic E-state index is 0.0558. The second-order valence-electron chi connectivity index (χ2n) is 4.34. The first-order valence-corrected chi connectivity index (χ1v) is 6.76. The highest BCUT2D eigenvalue weighted by atomic mass is 79.9. The average Bonchev–Trinajstić information content (AvgIpc) is 2.43. The summed E-state index contributed by atoms with van der Waals surface area (Å²) in [5.74, 6) is -0.571. The van der Waals surface area contributed by atoms with Crippen molar-refractivity contribution in [2.75, 3.05) is 7.11 Å². The maximum atomic E-state index is 13.6. The largest absolute Gasteiger partial charge is 0.497 e. The fraction of sp³-hybridized carbons (Fsp3) is 0.200. The lowest BCUT2D eigenvalue weighted by Crippen LogP contribution is -2.05. The van der Waals surface area contributed by atoms with E-state index in [-0.39, 0.29) is 12.0 Å². The van der Waals surface area contributed by atoms with E-state index in [0.29, 0.717) is 5.75 Å². The summed E-state index contributed by atoms with van der Waals surface area (Å²) >= 11 is 3.36. The van der Waals surface area contributed by atoms with E-state index in [0.717, 1.165) is 28.2 Å².